The van der Waals surface area contributed by atoms with Crippen molar-refractivity contribution in [3.05, 3.63) is 0 Å². The molecule has 1 atom stereocenters. The summed E-state index contributed by atoms with van der Waals surface area (Å²) in [5, 5.41) is 0. The summed E-state index contributed by atoms with van der Waals surface area (Å²) in [6.45, 7) is 2.28. The van der Waals surface area contributed by atoms with Gasteiger partial charge in [0, 0.05) is 44.0 Å². The van der Waals surface area contributed by atoms with Crippen molar-refractivity contribution in [2.24, 2.45) is 16.6 Å². The Labute approximate surface area is 118 Å². The lowest BCUT2D eigenvalue weighted by Gasteiger charge is -2.27. The molecular weight excluding hydrogens is 268 g/mol. The van der Waals surface area contributed by atoms with Gasteiger partial charge in [0.15, 0.2) is 5.96 Å². The van der Waals surface area contributed by atoms with Crippen LogP contribution in [0.3, 0.4) is 0 Å². The molecular formula is C13H23F2N3S. The van der Waals surface area contributed by atoms with Crippen LogP contribution >= 0.6 is 11.8 Å². The van der Waals surface area contributed by atoms with E-state index in [-0.39, 0.29) is 18.8 Å². The molecule has 19 heavy (non-hydrogen) atoms. The monoisotopic (exact) mass is 291 g/mol. The SMILES string of the molecule is NC(=NCC1CCCCC(F)(F)C1)N1CCSCC1. The molecule has 1 saturated carbocycles. The van der Waals surface area contributed by atoms with Crippen LogP contribution in [0.2, 0.25) is 0 Å². The predicted octanol–water partition coefficient (Wildman–Crippen LogP) is 2.57. The molecule has 6 heteroatoms. The zero-order valence-electron chi connectivity index (χ0n) is 11.3. The molecule has 2 fully saturated rings. The average molecular weight is 291 g/mol. The fourth-order valence-electron chi connectivity index (χ4n) is 2.71. The van der Waals surface area contributed by atoms with Gasteiger partial charge in [-0.15, -0.1) is 0 Å². The summed E-state index contributed by atoms with van der Waals surface area (Å²) in [5.41, 5.74) is 5.95. The third kappa shape index (κ3) is 4.82. The number of rotatable bonds is 2. The number of guanidine groups is 1. The van der Waals surface area contributed by atoms with Crippen molar-refractivity contribution in [1.82, 2.24) is 4.90 Å². The largest absolute Gasteiger partial charge is 0.370 e. The van der Waals surface area contributed by atoms with Crippen molar-refractivity contribution in [3.63, 3.8) is 0 Å². The van der Waals surface area contributed by atoms with E-state index in [2.05, 4.69) is 9.89 Å². The molecule has 2 rings (SSSR count). The highest BCUT2D eigenvalue weighted by atomic mass is 32.2. The van der Waals surface area contributed by atoms with Crippen LogP contribution in [0.25, 0.3) is 0 Å². The van der Waals surface area contributed by atoms with Gasteiger partial charge in [0.1, 0.15) is 0 Å². The van der Waals surface area contributed by atoms with Crippen LogP contribution in [0.15, 0.2) is 4.99 Å². The third-order valence-electron chi connectivity index (χ3n) is 3.84. The van der Waals surface area contributed by atoms with Gasteiger partial charge < -0.3 is 10.6 Å². The van der Waals surface area contributed by atoms with Crippen molar-refractivity contribution in [2.75, 3.05) is 31.1 Å². The first kappa shape index (κ1) is 14.9. The molecule has 1 heterocycles. The topological polar surface area (TPSA) is 41.6 Å². The van der Waals surface area contributed by atoms with Crippen molar-refractivity contribution in [3.8, 4) is 0 Å². The maximum atomic E-state index is 13.5. The second-order valence-electron chi connectivity index (χ2n) is 5.47. The summed E-state index contributed by atoms with van der Waals surface area (Å²) in [4.78, 5) is 6.42. The first-order chi connectivity index (χ1) is 9.07. The number of aliphatic imine (C=N–C) groups is 1. The maximum Gasteiger partial charge on any atom is 0.248 e. The zero-order valence-corrected chi connectivity index (χ0v) is 12.1. The van der Waals surface area contributed by atoms with Gasteiger partial charge in [-0.05, 0) is 18.8 Å². The van der Waals surface area contributed by atoms with Crippen molar-refractivity contribution in [2.45, 2.75) is 38.0 Å². The molecule has 0 aromatic heterocycles. The van der Waals surface area contributed by atoms with E-state index in [4.69, 9.17) is 5.73 Å². The Kier molecular flexibility index (Phi) is 5.30. The van der Waals surface area contributed by atoms with Crippen LogP contribution in [0.1, 0.15) is 32.1 Å². The molecule has 0 aromatic rings. The molecule has 2 aliphatic rings. The Hall–Kier alpha value is -0.520. The van der Waals surface area contributed by atoms with E-state index >= 15 is 0 Å². The van der Waals surface area contributed by atoms with Crippen molar-refractivity contribution >= 4 is 17.7 Å². The van der Waals surface area contributed by atoms with E-state index < -0.39 is 5.92 Å². The molecule has 1 saturated heterocycles. The molecule has 110 valence electrons. The van der Waals surface area contributed by atoms with Gasteiger partial charge in [-0.1, -0.05) is 6.42 Å². The molecule has 0 bridgehead atoms. The lowest BCUT2D eigenvalue weighted by Crippen LogP contribution is -2.43. The fraction of sp³-hybridized carbons (Fsp3) is 0.923. The standard InChI is InChI=1S/C13H23F2N3S/c14-13(15)4-2-1-3-11(9-13)10-17-12(16)18-5-7-19-8-6-18/h11H,1-10H2,(H2,16,17). The second kappa shape index (κ2) is 6.77. The molecule has 2 N–H and O–H groups in total. The van der Waals surface area contributed by atoms with E-state index in [1.807, 2.05) is 11.8 Å². The summed E-state index contributed by atoms with van der Waals surface area (Å²) in [6.07, 6.45) is 2.37. The Morgan fingerprint density at radius 2 is 2.05 bits per heavy atom. The molecule has 0 radical (unpaired) electrons. The van der Waals surface area contributed by atoms with Gasteiger partial charge in [-0.2, -0.15) is 11.8 Å². The summed E-state index contributed by atoms with van der Waals surface area (Å²) < 4.78 is 27.0. The minimum atomic E-state index is -2.51. The smallest absolute Gasteiger partial charge is 0.248 e. The minimum absolute atomic E-state index is 0.0183. The van der Waals surface area contributed by atoms with Gasteiger partial charge in [-0.3, -0.25) is 4.99 Å². The highest BCUT2D eigenvalue weighted by Crippen LogP contribution is 2.35. The average Bonchev–Trinajstić information content (AvgIpc) is 2.57. The fourth-order valence-corrected chi connectivity index (χ4v) is 3.62. The highest BCUT2D eigenvalue weighted by Gasteiger charge is 2.34. The first-order valence-electron chi connectivity index (χ1n) is 7.07. The van der Waals surface area contributed by atoms with Crippen molar-refractivity contribution in [1.29, 1.82) is 0 Å². The lowest BCUT2D eigenvalue weighted by molar-refractivity contribution is -0.0241. The maximum absolute atomic E-state index is 13.5. The van der Waals surface area contributed by atoms with Gasteiger partial charge in [0.2, 0.25) is 5.92 Å². The molecule has 0 spiro atoms. The van der Waals surface area contributed by atoms with Crippen LogP contribution in [0.5, 0.6) is 0 Å². The van der Waals surface area contributed by atoms with E-state index in [1.54, 1.807) is 0 Å². The number of hydrogen-bond acceptors (Lipinski definition) is 2. The highest BCUT2D eigenvalue weighted by molar-refractivity contribution is 7.99. The number of halogens is 2. The number of nitrogens with two attached hydrogens (primary N) is 1. The Morgan fingerprint density at radius 3 is 2.79 bits per heavy atom. The summed E-state index contributed by atoms with van der Waals surface area (Å²) >= 11 is 1.91. The molecule has 1 aliphatic carbocycles. The van der Waals surface area contributed by atoms with Gasteiger partial charge >= 0.3 is 0 Å². The summed E-state index contributed by atoms with van der Waals surface area (Å²) in [5.74, 6) is 0.144. The first-order valence-corrected chi connectivity index (χ1v) is 8.23. The Balaban J connectivity index is 1.85. The summed E-state index contributed by atoms with van der Waals surface area (Å²) in [7, 11) is 0. The van der Waals surface area contributed by atoms with Crippen molar-refractivity contribution < 1.29 is 8.78 Å². The van der Waals surface area contributed by atoms with E-state index in [9.17, 15) is 8.78 Å². The molecule has 0 aromatic carbocycles. The lowest BCUT2D eigenvalue weighted by atomic mass is 9.99. The number of hydrogen-bond donors (Lipinski definition) is 1. The van der Waals surface area contributed by atoms with E-state index in [0.717, 1.165) is 37.4 Å². The van der Waals surface area contributed by atoms with Crippen LogP contribution in [0.4, 0.5) is 8.78 Å². The number of nitrogens with zero attached hydrogens (tertiary/aromatic N) is 2. The normalized spacial score (nSPS) is 29.1. The number of thioether (sulfide) groups is 1. The Bertz CT molecular complexity index is 317. The molecule has 3 nitrogen and oxygen atoms in total. The van der Waals surface area contributed by atoms with Gasteiger partial charge in [-0.25, -0.2) is 8.78 Å². The number of alkyl halides is 2. The minimum Gasteiger partial charge on any atom is -0.370 e. The quantitative estimate of drug-likeness (QED) is 0.483. The van der Waals surface area contributed by atoms with Crippen LogP contribution < -0.4 is 5.73 Å². The Morgan fingerprint density at radius 1 is 1.32 bits per heavy atom. The van der Waals surface area contributed by atoms with Crippen LogP contribution in [-0.4, -0.2) is 47.9 Å². The molecule has 1 unspecified atom stereocenters. The molecule has 0 amide bonds. The van der Waals surface area contributed by atoms with Crippen LogP contribution in [-0.2, 0) is 0 Å². The predicted molar refractivity (Wildman–Crippen MR) is 76.9 cm³/mol. The van der Waals surface area contributed by atoms with E-state index in [1.165, 1.54) is 0 Å². The molecule has 1 aliphatic heterocycles. The summed E-state index contributed by atoms with van der Waals surface area (Å²) in [6, 6.07) is 0. The third-order valence-corrected chi connectivity index (χ3v) is 4.78. The zero-order chi connectivity index (χ0) is 13.7. The van der Waals surface area contributed by atoms with Gasteiger partial charge in [0.25, 0.3) is 0 Å². The van der Waals surface area contributed by atoms with E-state index in [0.29, 0.717) is 18.9 Å². The second-order valence-corrected chi connectivity index (χ2v) is 6.69. The van der Waals surface area contributed by atoms with Gasteiger partial charge in [0.05, 0.1) is 0 Å². The van der Waals surface area contributed by atoms with Crippen LogP contribution in [0, 0.1) is 5.92 Å².